The molecule has 0 aliphatic carbocycles. The Balaban J connectivity index is 4.87. The van der Waals surface area contributed by atoms with Crippen LogP contribution >= 0.6 is 0 Å². The minimum Gasteiger partial charge on any atom is -0.457 e. The van der Waals surface area contributed by atoms with Crippen molar-refractivity contribution in [1.29, 1.82) is 0 Å². The molecule has 0 rings (SSSR count). The van der Waals surface area contributed by atoms with Crippen molar-refractivity contribution in [3.8, 4) is 0 Å². The third kappa shape index (κ3) is 2.81. The summed E-state index contributed by atoms with van der Waals surface area (Å²) in [7, 11) is -3.81. The van der Waals surface area contributed by atoms with Crippen LogP contribution in [-0.2, 0) is 19.4 Å². The molecule has 0 aromatic heterocycles. The lowest BCUT2D eigenvalue weighted by molar-refractivity contribution is -0.138. The molecule has 0 saturated carbocycles. The number of sulfone groups is 1. The topological polar surface area (TPSA) is 96.8 Å². The first-order valence-electron chi connectivity index (χ1n) is 3.02. The Morgan fingerprint density at radius 1 is 1.58 bits per heavy atom. The van der Waals surface area contributed by atoms with Crippen molar-refractivity contribution in [2.45, 2.75) is 6.92 Å². The SMILES string of the molecule is CCOC(=O)C(=[N+]=[N-])S(C)(=O)=O. The van der Waals surface area contributed by atoms with Crippen molar-refractivity contribution in [3.05, 3.63) is 5.53 Å². The number of ether oxygens (including phenoxy) is 1. The van der Waals surface area contributed by atoms with Crippen LogP contribution in [0.5, 0.6) is 0 Å². The van der Waals surface area contributed by atoms with Crippen LogP contribution in [0, 0.1) is 0 Å². The molecule has 0 aromatic rings. The molecule has 0 bridgehead atoms. The van der Waals surface area contributed by atoms with E-state index in [0.29, 0.717) is 0 Å². The number of hydrogen-bond acceptors (Lipinski definition) is 4. The van der Waals surface area contributed by atoms with Gasteiger partial charge in [-0.15, -0.1) is 4.79 Å². The summed E-state index contributed by atoms with van der Waals surface area (Å²) >= 11 is 0. The van der Waals surface area contributed by atoms with E-state index in [2.05, 4.69) is 9.53 Å². The van der Waals surface area contributed by atoms with Crippen LogP contribution in [0.15, 0.2) is 0 Å². The predicted molar refractivity (Wildman–Crippen MR) is 40.1 cm³/mol. The van der Waals surface area contributed by atoms with Gasteiger partial charge in [0.15, 0.2) is 0 Å². The highest BCUT2D eigenvalue weighted by Gasteiger charge is 2.33. The predicted octanol–water partition coefficient (Wildman–Crippen LogP) is -0.778. The number of nitrogens with zero attached hydrogens (tertiary/aromatic N) is 2. The number of carbonyl (C=O) groups is 1. The third-order valence-corrected chi connectivity index (χ3v) is 1.84. The van der Waals surface area contributed by atoms with Crippen LogP contribution < -0.4 is 0 Å². The molecule has 12 heavy (non-hydrogen) atoms. The molecule has 0 heterocycles. The van der Waals surface area contributed by atoms with Crippen molar-refractivity contribution in [3.63, 3.8) is 0 Å². The Hall–Kier alpha value is -1.20. The number of carbonyl (C=O) groups excluding carboxylic acids is 1. The van der Waals surface area contributed by atoms with Gasteiger partial charge in [0.25, 0.3) is 9.84 Å². The highest BCUT2D eigenvalue weighted by atomic mass is 32.2. The summed E-state index contributed by atoms with van der Waals surface area (Å²) in [5, 5.41) is -0.982. The number of rotatable bonds is 1. The van der Waals surface area contributed by atoms with Crippen LogP contribution in [0.3, 0.4) is 0 Å². The van der Waals surface area contributed by atoms with E-state index >= 15 is 0 Å². The first-order chi connectivity index (χ1) is 5.43. The fourth-order valence-corrected chi connectivity index (χ4v) is 0.969. The van der Waals surface area contributed by atoms with Crippen molar-refractivity contribution in [2.24, 2.45) is 0 Å². The molecule has 0 fully saturated rings. The molecule has 0 unspecified atom stereocenters. The second-order valence-corrected chi connectivity index (χ2v) is 3.83. The molecular formula is C5H8N2O4S. The van der Waals surface area contributed by atoms with Crippen LogP contribution in [0.2, 0.25) is 0 Å². The largest absolute Gasteiger partial charge is 0.488 e. The van der Waals surface area contributed by atoms with Gasteiger partial charge in [-0.25, -0.2) is 13.2 Å². The van der Waals surface area contributed by atoms with Gasteiger partial charge < -0.3 is 10.3 Å². The normalized spacial score (nSPS) is 10.2. The average molecular weight is 192 g/mol. The fourth-order valence-electron chi connectivity index (χ4n) is 0.459. The van der Waals surface area contributed by atoms with Gasteiger partial charge in [-0.05, 0) is 6.92 Å². The molecule has 0 N–H and O–H groups in total. The van der Waals surface area contributed by atoms with E-state index in [0.717, 1.165) is 6.26 Å². The zero-order valence-corrected chi connectivity index (χ0v) is 7.46. The number of hydrogen-bond donors (Lipinski definition) is 0. The van der Waals surface area contributed by atoms with Gasteiger partial charge in [0.05, 0.1) is 12.9 Å². The van der Waals surface area contributed by atoms with Gasteiger partial charge in [0, 0.05) is 0 Å². The van der Waals surface area contributed by atoms with E-state index in [4.69, 9.17) is 5.53 Å². The van der Waals surface area contributed by atoms with Gasteiger partial charge >= 0.3 is 11.0 Å². The minimum atomic E-state index is -3.81. The summed E-state index contributed by atoms with van der Waals surface area (Å²) < 4.78 is 25.7. The van der Waals surface area contributed by atoms with E-state index in [9.17, 15) is 13.2 Å². The molecule has 7 heteroatoms. The van der Waals surface area contributed by atoms with E-state index < -0.39 is 20.9 Å². The van der Waals surface area contributed by atoms with Crippen LogP contribution in [0.25, 0.3) is 5.53 Å². The zero-order valence-electron chi connectivity index (χ0n) is 6.64. The van der Waals surface area contributed by atoms with Gasteiger partial charge in [-0.2, -0.15) is 0 Å². The molecule has 0 aromatic carbocycles. The first kappa shape index (κ1) is 10.8. The van der Waals surface area contributed by atoms with E-state index in [1.807, 2.05) is 0 Å². The zero-order chi connectivity index (χ0) is 9.78. The average Bonchev–Trinajstić information content (AvgIpc) is 1.85. The quantitative estimate of drug-likeness (QED) is 0.179. The molecular weight excluding hydrogens is 184 g/mol. The van der Waals surface area contributed by atoms with Gasteiger partial charge in [0.1, 0.15) is 0 Å². The Labute approximate surface area is 69.7 Å². The molecule has 0 amide bonds. The van der Waals surface area contributed by atoms with Crippen molar-refractivity contribution in [1.82, 2.24) is 0 Å². The van der Waals surface area contributed by atoms with E-state index in [1.54, 1.807) is 0 Å². The lowest BCUT2D eigenvalue weighted by atomic mass is 10.7. The molecule has 68 valence electrons. The molecule has 0 radical (unpaired) electrons. The second-order valence-electron chi connectivity index (χ2n) is 1.90. The summed E-state index contributed by atoms with van der Waals surface area (Å²) in [6.07, 6.45) is 0.749. The lowest BCUT2D eigenvalue weighted by Gasteiger charge is -1.93. The third-order valence-electron chi connectivity index (χ3n) is 0.892. The monoisotopic (exact) mass is 192 g/mol. The maximum Gasteiger partial charge on any atom is 0.488 e. The maximum absolute atomic E-state index is 10.7. The summed E-state index contributed by atoms with van der Waals surface area (Å²) in [5.41, 5.74) is 8.17. The van der Waals surface area contributed by atoms with Crippen molar-refractivity contribution in [2.75, 3.05) is 12.9 Å². The standard InChI is InChI=1S/C5H8N2O4S/c1-3-11-5(8)4(7-6)12(2,9)10/h3H2,1-2H3. The fraction of sp³-hybridized carbons (Fsp3) is 0.600. The second kappa shape index (κ2) is 3.99. The molecule has 6 nitrogen and oxygen atoms in total. The molecule has 0 spiro atoms. The molecule has 0 saturated heterocycles. The highest BCUT2D eigenvalue weighted by Crippen LogP contribution is 1.89. The van der Waals surface area contributed by atoms with Crippen LogP contribution in [-0.4, -0.2) is 37.1 Å². The van der Waals surface area contributed by atoms with Crippen molar-refractivity contribution < 1.29 is 22.7 Å². The van der Waals surface area contributed by atoms with Gasteiger partial charge in [-0.3, -0.25) is 0 Å². The maximum atomic E-state index is 10.7. The summed E-state index contributed by atoms with van der Waals surface area (Å²) in [5.74, 6) is -1.15. The summed E-state index contributed by atoms with van der Waals surface area (Å²) in [4.78, 5) is 13.1. The minimum absolute atomic E-state index is 0.0212. The Kier molecular flexibility index (Phi) is 3.59. The van der Waals surface area contributed by atoms with E-state index in [-0.39, 0.29) is 6.61 Å². The summed E-state index contributed by atoms with van der Waals surface area (Å²) in [6, 6.07) is 0. The lowest BCUT2D eigenvalue weighted by Crippen LogP contribution is -2.26. The number of esters is 1. The first-order valence-corrected chi connectivity index (χ1v) is 4.91. The van der Waals surface area contributed by atoms with Crippen LogP contribution in [0.1, 0.15) is 6.92 Å². The van der Waals surface area contributed by atoms with E-state index in [1.165, 1.54) is 6.92 Å². The van der Waals surface area contributed by atoms with Gasteiger partial charge in [-0.1, -0.05) is 0 Å². The van der Waals surface area contributed by atoms with Gasteiger partial charge in [0.2, 0.25) is 0 Å². The van der Waals surface area contributed by atoms with Crippen molar-refractivity contribution >= 4 is 20.9 Å². The Morgan fingerprint density at radius 3 is 2.33 bits per heavy atom. The molecule has 0 aliphatic rings. The molecule has 0 atom stereocenters. The summed E-state index contributed by atoms with van der Waals surface area (Å²) in [6.45, 7) is 1.53. The smallest absolute Gasteiger partial charge is 0.457 e. The Morgan fingerprint density at radius 2 is 2.08 bits per heavy atom. The molecule has 0 aliphatic heterocycles. The Bertz CT molecular complexity index is 325. The highest BCUT2D eigenvalue weighted by molar-refractivity contribution is 8.07. The van der Waals surface area contributed by atoms with Crippen LogP contribution in [0.4, 0.5) is 0 Å².